The molecule has 0 atom stereocenters. The minimum absolute atomic E-state index is 0.109. The van der Waals surface area contributed by atoms with Crippen molar-refractivity contribution in [2.75, 3.05) is 13.7 Å². The number of carbonyl (C=O) groups is 2. The van der Waals surface area contributed by atoms with E-state index in [2.05, 4.69) is 6.07 Å². The van der Waals surface area contributed by atoms with Gasteiger partial charge in [-0.25, -0.2) is 4.79 Å². The Balaban J connectivity index is 1.51. The van der Waals surface area contributed by atoms with Crippen LogP contribution >= 0.6 is 0 Å². The molecule has 0 saturated heterocycles. The molecular weight excluding hydrogens is 386 g/mol. The zero-order chi connectivity index (χ0) is 21.3. The van der Waals surface area contributed by atoms with Crippen molar-refractivity contribution < 1.29 is 24.0 Å². The van der Waals surface area contributed by atoms with Crippen molar-refractivity contribution >= 4 is 17.4 Å². The van der Waals surface area contributed by atoms with Gasteiger partial charge in [-0.15, -0.1) is 0 Å². The highest BCUT2D eigenvalue weighted by atomic mass is 16.6. The molecule has 4 rings (SSSR count). The number of nitro benzene ring substituents is 1. The Bertz CT molecular complexity index is 1180. The summed E-state index contributed by atoms with van der Waals surface area (Å²) in [5.41, 5.74) is 4.51. The Morgan fingerprint density at radius 2 is 1.77 bits per heavy atom. The second kappa shape index (κ2) is 7.79. The highest BCUT2D eigenvalue weighted by Gasteiger charge is 2.22. The minimum Gasteiger partial charge on any atom is -0.496 e. The molecule has 7 nitrogen and oxygen atoms in total. The number of carbonyl (C=O) groups excluding carboxylic acids is 2. The van der Waals surface area contributed by atoms with Crippen molar-refractivity contribution in [3.05, 3.63) is 93.0 Å². The number of nitro groups is 1. The predicted molar refractivity (Wildman–Crippen MR) is 109 cm³/mol. The molecule has 0 saturated carbocycles. The number of non-ortho nitro benzene ring substituents is 1. The summed E-state index contributed by atoms with van der Waals surface area (Å²) in [6.45, 7) is -0.481. The van der Waals surface area contributed by atoms with Crippen LogP contribution in [0.3, 0.4) is 0 Å². The van der Waals surface area contributed by atoms with Crippen molar-refractivity contribution in [3.8, 4) is 16.9 Å². The van der Waals surface area contributed by atoms with Crippen LogP contribution in [0, 0.1) is 10.1 Å². The number of Topliss-reactive ketones (excluding diaryl/α,β-unsaturated/α-hetero) is 1. The van der Waals surface area contributed by atoms with E-state index in [4.69, 9.17) is 9.47 Å². The van der Waals surface area contributed by atoms with Crippen LogP contribution in [0.5, 0.6) is 5.75 Å². The Morgan fingerprint density at radius 1 is 1.00 bits per heavy atom. The van der Waals surface area contributed by atoms with Gasteiger partial charge in [0.25, 0.3) is 5.69 Å². The Hall–Kier alpha value is -4.00. The monoisotopic (exact) mass is 403 g/mol. The molecule has 0 heterocycles. The van der Waals surface area contributed by atoms with Crippen molar-refractivity contribution in [2.45, 2.75) is 6.42 Å². The summed E-state index contributed by atoms with van der Waals surface area (Å²) in [5.74, 6) is -1.09. The number of fused-ring (bicyclic) bond motifs is 3. The summed E-state index contributed by atoms with van der Waals surface area (Å²) in [6.07, 6.45) is 0.821. The van der Waals surface area contributed by atoms with E-state index in [0.717, 1.165) is 29.2 Å². The lowest BCUT2D eigenvalue weighted by Crippen LogP contribution is -2.15. The number of benzene rings is 3. The van der Waals surface area contributed by atoms with Gasteiger partial charge in [0.05, 0.1) is 12.0 Å². The molecule has 1 aliphatic rings. The van der Waals surface area contributed by atoms with E-state index in [-0.39, 0.29) is 22.8 Å². The van der Waals surface area contributed by atoms with Crippen LogP contribution in [0.4, 0.5) is 5.69 Å². The quantitative estimate of drug-likeness (QED) is 0.207. The van der Waals surface area contributed by atoms with Crippen LogP contribution in [0.1, 0.15) is 31.8 Å². The largest absolute Gasteiger partial charge is 0.496 e. The van der Waals surface area contributed by atoms with Gasteiger partial charge in [-0.2, -0.15) is 0 Å². The Morgan fingerprint density at radius 3 is 2.53 bits per heavy atom. The average molecular weight is 403 g/mol. The second-order valence-corrected chi connectivity index (χ2v) is 6.85. The van der Waals surface area contributed by atoms with Crippen LogP contribution in [0.2, 0.25) is 0 Å². The van der Waals surface area contributed by atoms with E-state index >= 15 is 0 Å². The SMILES string of the molecule is COc1ccc([N+](=O)[O-])cc1C(=O)OCC(=O)c1ccc2c(c1)-c1ccccc1C2. The minimum atomic E-state index is -0.865. The van der Waals surface area contributed by atoms with E-state index < -0.39 is 17.5 Å². The normalized spacial score (nSPS) is 11.4. The molecule has 0 aromatic heterocycles. The number of hydrogen-bond donors (Lipinski definition) is 0. The third-order valence-corrected chi connectivity index (χ3v) is 5.07. The maximum atomic E-state index is 12.6. The molecule has 0 N–H and O–H groups in total. The highest BCUT2D eigenvalue weighted by molar-refractivity contribution is 6.01. The summed E-state index contributed by atoms with van der Waals surface area (Å²) in [7, 11) is 1.34. The first-order valence-electron chi connectivity index (χ1n) is 9.22. The fraction of sp³-hybridized carbons (Fsp3) is 0.130. The van der Waals surface area contributed by atoms with Crippen molar-refractivity contribution in [1.82, 2.24) is 0 Å². The molecule has 30 heavy (non-hydrogen) atoms. The van der Waals surface area contributed by atoms with E-state index in [9.17, 15) is 19.7 Å². The molecule has 3 aromatic carbocycles. The van der Waals surface area contributed by atoms with Gasteiger partial charge in [-0.3, -0.25) is 14.9 Å². The molecular formula is C23H17NO6. The average Bonchev–Trinajstić information content (AvgIpc) is 3.14. The standard InChI is InChI=1S/C23H17NO6/c1-29-22-9-8-17(24(27)28)12-20(22)23(26)30-13-21(25)16-7-6-15-10-14-4-2-3-5-18(14)19(15)11-16/h2-9,11-12H,10,13H2,1H3. The number of nitrogens with zero attached hydrogens (tertiary/aromatic N) is 1. The zero-order valence-electron chi connectivity index (χ0n) is 16.1. The topological polar surface area (TPSA) is 95.7 Å². The Labute approximate surface area is 172 Å². The lowest BCUT2D eigenvalue weighted by atomic mass is 10.0. The van der Waals surface area contributed by atoms with Gasteiger partial charge >= 0.3 is 5.97 Å². The number of rotatable bonds is 6. The first-order valence-corrected chi connectivity index (χ1v) is 9.22. The predicted octanol–water partition coefficient (Wildman–Crippen LogP) is 4.21. The van der Waals surface area contributed by atoms with Crippen LogP contribution < -0.4 is 4.74 Å². The fourth-order valence-corrected chi connectivity index (χ4v) is 3.56. The maximum Gasteiger partial charge on any atom is 0.342 e. The molecule has 0 radical (unpaired) electrons. The van der Waals surface area contributed by atoms with Gasteiger partial charge in [0.15, 0.2) is 12.4 Å². The smallest absolute Gasteiger partial charge is 0.342 e. The van der Waals surface area contributed by atoms with Gasteiger partial charge in [0.1, 0.15) is 11.3 Å². The molecule has 3 aromatic rings. The number of esters is 1. The van der Waals surface area contributed by atoms with E-state index in [0.29, 0.717) is 5.56 Å². The molecule has 0 aliphatic heterocycles. The van der Waals surface area contributed by atoms with Crippen LogP contribution in [0.25, 0.3) is 11.1 Å². The lowest BCUT2D eigenvalue weighted by molar-refractivity contribution is -0.384. The van der Waals surface area contributed by atoms with Gasteiger partial charge in [-0.05, 0) is 40.8 Å². The lowest BCUT2D eigenvalue weighted by Gasteiger charge is -2.09. The molecule has 150 valence electrons. The van der Waals surface area contributed by atoms with E-state index in [1.807, 2.05) is 30.3 Å². The third kappa shape index (κ3) is 3.53. The van der Waals surface area contributed by atoms with Gasteiger partial charge in [-0.1, -0.05) is 36.4 Å². The van der Waals surface area contributed by atoms with Gasteiger partial charge < -0.3 is 9.47 Å². The Kier molecular flexibility index (Phi) is 5.02. The number of methoxy groups -OCH3 is 1. The summed E-state index contributed by atoms with van der Waals surface area (Å²) >= 11 is 0. The van der Waals surface area contributed by atoms with Crippen LogP contribution in [-0.2, 0) is 11.2 Å². The third-order valence-electron chi connectivity index (χ3n) is 5.07. The molecule has 7 heteroatoms. The summed E-state index contributed by atoms with van der Waals surface area (Å²) in [5, 5.41) is 11.0. The van der Waals surface area contributed by atoms with E-state index in [1.165, 1.54) is 24.8 Å². The second-order valence-electron chi connectivity index (χ2n) is 6.85. The van der Waals surface area contributed by atoms with E-state index in [1.54, 1.807) is 6.07 Å². The van der Waals surface area contributed by atoms with Gasteiger partial charge in [0.2, 0.25) is 0 Å². The maximum absolute atomic E-state index is 12.6. The van der Waals surface area contributed by atoms with Crippen molar-refractivity contribution in [2.24, 2.45) is 0 Å². The molecule has 1 aliphatic carbocycles. The molecule has 0 bridgehead atoms. The number of hydrogen-bond acceptors (Lipinski definition) is 6. The molecule has 0 fully saturated rings. The number of ether oxygens (including phenoxy) is 2. The van der Waals surface area contributed by atoms with Crippen LogP contribution in [-0.4, -0.2) is 30.4 Å². The first-order chi connectivity index (χ1) is 14.5. The molecule has 0 spiro atoms. The van der Waals surface area contributed by atoms with Crippen molar-refractivity contribution in [3.63, 3.8) is 0 Å². The van der Waals surface area contributed by atoms with Gasteiger partial charge in [0, 0.05) is 17.7 Å². The van der Waals surface area contributed by atoms with Crippen molar-refractivity contribution in [1.29, 1.82) is 0 Å². The fourth-order valence-electron chi connectivity index (χ4n) is 3.56. The summed E-state index contributed by atoms with van der Waals surface area (Å²) in [6, 6.07) is 17.1. The van der Waals surface area contributed by atoms with Crippen LogP contribution in [0.15, 0.2) is 60.7 Å². The summed E-state index contributed by atoms with van der Waals surface area (Å²) < 4.78 is 10.2. The first kappa shape index (κ1) is 19.3. The highest BCUT2D eigenvalue weighted by Crippen LogP contribution is 2.36. The summed E-state index contributed by atoms with van der Waals surface area (Å²) in [4.78, 5) is 35.4. The molecule has 0 amide bonds. The molecule has 0 unspecified atom stereocenters. The number of ketones is 1. The zero-order valence-corrected chi connectivity index (χ0v) is 16.1.